The molecule has 0 bridgehead atoms. The average Bonchev–Trinajstić information content (AvgIpc) is 2.24. The van der Waals surface area contributed by atoms with E-state index in [1.54, 1.807) is 7.11 Å². The molecule has 2 aliphatic carbocycles. The van der Waals surface area contributed by atoms with E-state index in [1.165, 1.54) is 38.5 Å². The summed E-state index contributed by atoms with van der Waals surface area (Å²) in [6, 6.07) is 2.54. The highest BCUT2D eigenvalue weighted by Crippen LogP contribution is 2.49. The Hall–Kier alpha value is -0.550. The van der Waals surface area contributed by atoms with E-state index in [-0.39, 0.29) is 11.5 Å². The first-order valence-electron chi connectivity index (χ1n) is 6.26. The maximum atomic E-state index is 9.34. The zero-order valence-electron chi connectivity index (χ0n) is 9.67. The first-order valence-corrected chi connectivity index (χ1v) is 6.26. The van der Waals surface area contributed by atoms with Gasteiger partial charge in [-0.1, -0.05) is 25.7 Å². The Kier molecular flexibility index (Phi) is 3.31. The summed E-state index contributed by atoms with van der Waals surface area (Å²) >= 11 is 0. The number of ether oxygens (including phenoxy) is 1. The molecule has 2 fully saturated rings. The molecule has 2 nitrogen and oxygen atoms in total. The molecule has 0 amide bonds. The van der Waals surface area contributed by atoms with Crippen LogP contribution >= 0.6 is 0 Å². The number of nitrogens with zero attached hydrogens (tertiary/aromatic N) is 1. The maximum absolute atomic E-state index is 9.34. The van der Waals surface area contributed by atoms with E-state index in [9.17, 15) is 5.26 Å². The fourth-order valence-corrected chi connectivity index (χ4v) is 3.32. The summed E-state index contributed by atoms with van der Waals surface area (Å²) in [6.07, 6.45) is 10.1. The Bertz CT molecular complexity index is 246. The number of nitriles is 1. The Morgan fingerprint density at radius 3 is 2.27 bits per heavy atom. The number of hydrogen-bond donors (Lipinski definition) is 0. The van der Waals surface area contributed by atoms with Crippen LogP contribution in [0.4, 0.5) is 0 Å². The maximum Gasteiger partial charge on any atom is 0.0837 e. The summed E-state index contributed by atoms with van der Waals surface area (Å²) < 4.78 is 5.67. The highest BCUT2D eigenvalue weighted by Gasteiger charge is 2.48. The lowest BCUT2D eigenvalue weighted by Crippen LogP contribution is -2.46. The number of hydrogen-bond acceptors (Lipinski definition) is 2. The standard InChI is InChI=1S/C13H21NO/c1-15-12(11-6-3-2-4-7-11)13(10-14)8-5-9-13/h11-12H,2-9H2,1H3. The zero-order valence-corrected chi connectivity index (χ0v) is 9.67. The third kappa shape index (κ3) is 1.90. The van der Waals surface area contributed by atoms with Gasteiger partial charge < -0.3 is 4.74 Å². The van der Waals surface area contributed by atoms with Crippen molar-refractivity contribution in [3.05, 3.63) is 0 Å². The summed E-state index contributed by atoms with van der Waals surface area (Å²) in [4.78, 5) is 0. The molecule has 0 aliphatic heterocycles. The van der Waals surface area contributed by atoms with Gasteiger partial charge in [0.05, 0.1) is 17.6 Å². The van der Waals surface area contributed by atoms with Crippen molar-refractivity contribution in [2.45, 2.75) is 57.5 Å². The van der Waals surface area contributed by atoms with E-state index in [4.69, 9.17) is 4.74 Å². The van der Waals surface area contributed by atoms with E-state index < -0.39 is 0 Å². The highest BCUT2D eigenvalue weighted by molar-refractivity contribution is 5.10. The van der Waals surface area contributed by atoms with E-state index in [1.807, 2.05) is 0 Å². The molecular formula is C13H21NO. The summed E-state index contributed by atoms with van der Waals surface area (Å²) in [5.41, 5.74) is -0.128. The van der Waals surface area contributed by atoms with Gasteiger partial charge >= 0.3 is 0 Å². The Balaban J connectivity index is 2.05. The van der Waals surface area contributed by atoms with Crippen molar-refractivity contribution in [1.82, 2.24) is 0 Å². The van der Waals surface area contributed by atoms with Crippen molar-refractivity contribution < 1.29 is 4.74 Å². The third-order valence-corrected chi connectivity index (χ3v) is 4.34. The van der Waals surface area contributed by atoms with Crippen LogP contribution in [0.1, 0.15) is 51.4 Å². The van der Waals surface area contributed by atoms with E-state index >= 15 is 0 Å². The van der Waals surface area contributed by atoms with Crippen molar-refractivity contribution in [1.29, 1.82) is 5.26 Å². The van der Waals surface area contributed by atoms with Crippen LogP contribution in [0.25, 0.3) is 0 Å². The molecule has 0 aromatic carbocycles. The van der Waals surface area contributed by atoms with Crippen molar-refractivity contribution in [2.75, 3.05) is 7.11 Å². The highest BCUT2D eigenvalue weighted by atomic mass is 16.5. The molecule has 0 N–H and O–H groups in total. The van der Waals surface area contributed by atoms with Gasteiger partial charge in [-0.15, -0.1) is 0 Å². The number of methoxy groups -OCH3 is 1. The molecule has 1 unspecified atom stereocenters. The van der Waals surface area contributed by atoms with Crippen LogP contribution in [0.15, 0.2) is 0 Å². The quantitative estimate of drug-likeness (QED) is 0.711. The lowest BCUT2D eigenvalue weighted by Gasteiger charge is -2.45. The monoisotopic (exact) mass is 207 g/mol. The Labute approximate surface area is 92.6 Å². The second-order valence-electron chi connectivity index (χ2n) is 5.18. The van der Waals surface area contributed by atoms with Gasteiger partial charge in [-0.05, 0) is 31.6 Å². The van der Waals surface area contributed by atoms with Gasteiger partial charge in [-0.2, -0.15) is 5.26 Å². The summed E-state index contributed by atoms with van der Waals surface area (Å²) in [5, 5.41) is 9.34. The molecule has 0 radical (unpaired) electrons. The molecule has 1 atom stereocenters. The van der Waals surface area contributed by atoms with Gasteiger partial charge in [0, 0.05) is 7.11 Å². The van der Waals surface area contributed by atoms with Gasteiger partial charge in [0.25, 0.3) is 0 Å². The first kappa shape index (κ1) is 11.0. The van der Waals surface area contributed by atoms with Crippen LogP contribution in [0.3, 0.4) is 0 Å². The normalized spacial score (nSPS) is 27.7. The smallest absolute Gasteiger partial charge is 0.0837 e. The van der Waals surface area contributed by atoms with Crippen LogP contribution < -0.4 is 0 Å². The third-order valence-electron chi connectivity index (χ3n) is 4.34. The van der Waals surface area contributed by atoms with Gasteiger partial charge in [0.2, 0.25) is 0 Å². The topological polar surface area (TPSA) is 33.0 Å². The van der Waals surface area contributed by atoms with E-state index in [0.29, 0.717) is 5.92 Å². The molecule has 0 heterocycles. The van der Waals surface area contributed by atoms with Gasteiger partial charge in [-0.3, -0.25) is 0 Å². The summed E-state index contributed by atoms with van der Waals surface area (Å²) in [6.45, 7) is 0. The summed E-state index contributed by atoms with van der Waals surface area (Å²) in [5.74, 6) is 0.642. The second-order valence-corrected chi connectivity index (χ2v) is 5.18. The Morgan fingerprint density at radius 1 is 1.20 bits per heavy atom. The predicted octanol–water partition coefficient (Wildman–Crippen LogP) is 3.28. The van der Waals surface area contributed by atoms with Crippen molar-refractivity contribution in [2.24, 2.45) is 11.3 Å². The molecular weight excluding hydrogens is 186 g/mol. The number of rotatable bonds is 3. The molecule has 84 valence electrons. The average molecular weight is 207 g/mol. The molecule has 0 aromatic rings. The Morgan fingerprint density at radius 2 is 1.87 bits per heavy atom. The molecule has 2 heteroatoms. The minimum absolute atomic E-state index is 0.128. The molecule has 0 spiro atoms. The molecule has 15 heavy (non-hydrogen) atoms. The van der Waals surface area contributed by atoms with Gasteiger partial charge in [0.1, 0.15) is 0 Å². The SMILES string of the molecule is COC(C1CCCCC1)C1(C#N)CCC1. The van der Waals surface area contributed by atoms with E-state index in [0.717, 1.165) is 12.8 Å². The van der Waals surface area contributed by atoms with Gasteiger partial charge in [0.15, 0.2) is 0 Å². The molecule has 2 aliphatic rings. The minimum Gasteiger partial charge on any atom is -0.380 e. The lowest BCUT2D eigenvalue weighted by atomic mass is 9.61. The van der Waals surface area contributed by atoms with Gasteiger partial charge in [-0.25, -0.2) is 0 Å². The first-order chi connectivity index (χ1) is 7.32. The van der Waals surface area contributed by atoms with E-state index in [2.05, 4.69) is 6.07 Å². The second kappa shape index (κ2) is 4.53. The fourth-order valence-electron chi connectivity index (χ4n) is 3.32. The fraction of sp³-hybridized carbons (Fsp3) is 0.923. The lowest BCUT2D eigenvalue weighted by molar-refractivity contribution is -0.0686. The van der Waals surface area contributed by atoms with Crippen LogP contribution in [-0.4, -0.2) is 13.2 Å². The largest absolute Gasteiger partial charge is 0.380 e. The van der Waals surface area contributed by atoms with Crippen LogP contribution in [-0.2, 0) is 4.74 Å². The van der Waals surface area contributed by atoms with Crippen LogP contribution in [0.5, 0.6) is 0 Å². The molecule has 2 rings (SSSR count). The van der Waals surface area contributed by atoms with Crippen molar-refractivity contribution in [3.8, 4) is 6.07 Å². The van der Waals surface area contributed by atoms with Crippen molar-refractivity contribution >= 4 is 0 Å². The molecule has 0 aromatic heterocycles. The van der Waals surface area contributed by atoms with Crippen LogP contribution in [0.2, 0.25) is 0 Å². The molecule has 0 saturated heterocycles. The zero-order chi connectivity index (χ0) is 10.7. The minimum atomic E-state index is -0.128. The summed E-state index contributed by atoms with van der Waals surface area (Å²) in [7, 11) is 1.79. The van der Waals surface area contributed by atoms with Crippen LogP contribution in [0, 0.1) is 22.7 Å². The molecule has 2 saturated carbocycles. The van der Waals surface area contributed by atoms with Crippen molar-refractivity contribution in [3.63, 3.8) is 0 Å². The predicted molar refractivity (Wildman–Crippen MR) is 59.3 cm³/mol.